The van der Waals surface area contributed by atoms with E-state index in [4.69, 9.17) is 9.47 Å². The number of carbonyl (C=O) groups is 5. The van der Waals surface area contributed by atoms with Crippen LogP contribution in [0.3, 0.4) is 0 Å². The van der Waals surface area contributed by atoms with Crippen molar-refractivity contribution in [1.82, 2.24) is 4.90 Å². The van der Waals surface area contributed by atoms with Gasteiger partial charge in [0.1, 0.15) is 0 Å². The van der Waals surface area contributed by atoms with E-state index >= 15 is 0 Å². The van der Waals surface area contributed by atoms with Crippen molar-refractivity contribution in [2.75, 3.05) is 31.2 Å². The Bertz CT molecular complexity index is 1590. The topological polar surface area (TPSA) is 110 Å². The summed E-state index contributed by atoms with van der Waals surface area (Å²) >= 11 is 0. The van der Waals surface area contributed by atoms with E-state index in [1.807, 2.05) is 6.07 Å². The Morgan fingerprint density at radius 2 is 0.976 bits per heavy atom. The van der Waals surface area contributed by atoms with E-state index in [0.29, 0.717) is 64.4 Å². The van der Waals surface area contributed by atoms with Crippen LogP contribution in [0, 0.1) is 0 Å². The van der Waals surface area contributed by atoms with Gasteiger partial charge in [0.2, 0.25) is 0 Å². The lowest BCUT2D eigenvalue weighted by atomic mass is 9.91. The zero-order chi connectivity index (χ0) is 29.2. The molecule has 0 atom stereocenters. The first-order valence-electron chi connectivity index (χ1n) is 14.7. The summed E-state index contributed by atoms with van der Waals surface area (Å²) in [6.07, 6.45) is 5.82. The number of fused-ring (bicyclic) bond motifs is 1. The van der Waals surface area contributed by atoms with Gasteiger partial charge in [-0.05, 0) is 81.0 Å². The molecule has 0 spiro atoms. The minimum atomic E-state index is -0.500. The number of anilines is 1. The molecule has 0 unspecified atom stereocenters. The monoisotopic (exact) mass is 568 g/mol. The van der Waals surface area contributed by atoms with E-state index in [2.05, 4.69) is 0 Å². The molecule has 3 aromatic carbocycles. The molecule has 0 saturated heterocycles. The number of imide groups is 1. The Labute approximate surface area is 243 Å². The smallest absolute Gasteiger partial charge is 0.338 e. The van der Waals surface area contributed by atoms with Crippen LogP contribution in [0.25, 0.3) is 10.8 Å². The maximum atomic E-state index is 13.4. The Hall–Kier alpha value is -4.53. The second-order valence-electron chi connectivity index (χ2n) is 10.9. The first-order valence-corrected chi connectivity index (χ1v) is 14.7. The van der Waals surface area contributed by atoms with Crippen molar-refractivity contribution < 1.29 is 33.4 Å². The second kappa shape index (κ2) is 11.8. The molecule has 5 aliphatic rings. The molecule has 0 saturated carbocycles. The fourth-order valence-electron chi connectivity index (χ4n) is 6.02. The van der Waals surface area contributed by atoms with Crippen molar-refractivity contribution in [3.05, 3.63) is 76.3 Å². The lowest BCUT2D eigenvalue weighted by Crippen LogP contribution is -2.40. The third kappa shape index (κ3) is 5.04. The molecule has 5 heterocycles. The van der Waals surface area contributed by atoms with Gasteiger partial charge in [0, 0.05) is 40.6 Å². The number of hydrogen-bond donors (Lipinski definition) is 0. The lowest BCUT2D eigenvalue weighted by molar-refractivity contribution is 0.0491. The van der Waals surface area contributed by atoms with Crippen molar-refractivity contribution >= 4 is 46.1 Å². The zero-order valence-electron chi connectivity index (χ0n) is 23.4. The van der Waals surface area contributed by atoms with E-state index < -0.39 is 11.9 Å². The molecule has 0 aromatic heterocycles. The minimum Gasteiger partial charge on any atom is -0.462 e. The summed E-state index contributed by atoms with van der Waals surface area (Å²) in [6.45, 7) is 1.28. The Balaban J connectivity index is 1.21. The van der Waals surface area contributed by atoms with E-state index in [-0.39, 0.29) is 37.5 Å². The van der Waals surface area contributed by atoms with E-state index in [1.54, 1.807) is 41.3 Å². The summed E-state index contributed by atoms with van der Waals surface area (Å²) in [5.74, 6) is -1.77. The fourth-order valence-corrected chi connectivity index (χ4v) is 6.02. The average molecular weight is 569 g/mol. The minimum absolute atomic E-state index is 0.119. The number of hydrogen-bond acceptors (Lipinski definition) is 7. The van der Waals surface area contributed by atoms with Crippen LogP contribution in [0.5, 0.6) is 0 Å². The maximum Gasteiger partial charge on any atom is 0.338 e. The highest BCUT2D eigenvalue weighted by molar-refractivity contribution is 6.33. The molecular formula is C33H32N2O7. The molecule has 9 bridgehead atoms. The molecule has 0 aliphatic carbocycles. The molecule has 0 radical (unpaired) electrons. The maximum absolute atomic E-state index is 13.4. The molecular weight excluding hydrogens is 536 g/mol. The van der Waals surface area contributed by atoms with Crippen LogP contribution < -0.4 is 4.90 Å². The van der Waals surface area contributed by atoms with Crippen molar-refractivity contribution in [3.8, 4) is 0 Å². The van der Waals surface area contributed by atoms with Crippen LogP contribution >= 0.6 is 0 Å². The predicted octanol–water partition coefficient (Wildman–Crippen LogP) is 5.54. The molecule has 9 nitrogen and oxygen atoms in total. The summed E-state index contributed by atoms with van der Waals surface area (Å²) < 4.78 is 10.8. The van der Waals surface area contributed by atoms with Crippen LogP contribution in [-0.4, -0.2) is 60.9 Å². The Kier molecular flexibility index (Phi) is 7.73. The second-order valence-corrected chi connectivity index (χ2v) is 10.9. The summed E-state index contributed by atoms with van der Waals surface area (Å²) in [5.41, 5.74) is 2.75. The molecule has 8 rings (SSSR count). The third-order valence-corrected chi connectivity index (χ3v) is 8.21. The van der Waals surface area contributed by atoms with Crippen LogP contribution in [0.1, 0.15) is 103 Å². The van der Waals surface area contributed by atoms with Crippen molar-refractivity contribution in [3.63, 3.8) is 0 Å². The van der Waals surface area contributed by atoms with Gasteiger partial charge in [0.25, 0.3) is 17.7 Å². The normalized spacial score (nSPS) is 18.8. The number of esters is 2. The van der Waals surface area contributed by atoms with Gasteiger partial charge in [-0.25, -0.2) is 9.59 Å². The molecule has 3 aromatic rings. The van der Waals surface area contributed by atoms with E-state index in [9.17, 15) is 24.0 Å². The SMILES string of the molecule is O=C1OCCCCCCN2C(=O)c3ccc4c5c(ccc(c35)C2=O)N(CCCCCCOC(=O)c2cccc1c2)C4=O. The van der Waals surface area contributed by atoms with Crippen molar-refractivity contribution in [1.29, 1.82) is 0 Å². The van der Waals surface area contributed by atoms with E-state index in [0.717, 1.165) is 37.8 Å². The molecule has 5 aliphatic heterocycles. The van der Waals surface area contributed by atoms with Crippen LogP contribution in [-0.2, 0) is 9.47 Å². The molecule has 42 heavy (non-hydrogen) atoms. The molecule has 216 valence electrons. The summed E-state index contributed by atoms with van der Waals surface area (Å²) in [5, 5.41) is 1.25. The summed E-state index contributed by atoms with van der Waals surface area (Å²) in [6, 6.07) is 13.3. The first kappa shape index (κ1) is 27.6. The van der Waals surface area contributed by atoms with Crippen LogP contribution in [0.15, 0.2) is 48.5 Å². The van der Waals surface area contributed by atoms with Crippen LogP contribution in [0.2, 0.25) is 0 Å². The number of rotatable bonds is 0. The largest absolute Gasteiger partial charge is 0.462 e. The third-order valence-electron chi connectivity index (χ3n) is 8.21. The van der Waals surface area contributed by atoms with Gasteiger partial charge in [-0.15, -0.1) is 0 Å². The van der Waals surface area contributed by atoms with E-state index in [1.165, 1.54) is 11.0 Å². The van der Waals surface area contributed by atoms with Crippen molar-refractivity contribution in [2.24, 2.45) is 0 Å². The molecule has 9 heteroatoms. The molecule has 0 N–H and O–H groups in total. The van der Waals surface area contributed by atoms with Gasteiger partial charge in [0.05, 0.1) is 30.0 Å². The highest BCUT2D eigenvalue weighted by Gasteiger charge is 2.38. The van der Waals surface area contributed by atoms with Crippen molar-refractivity contribution in [2.45, 2.75) is 51.4 Å². The lowest BCUT2D eigenvalue weighted by Gasteiger charge is -2.27. The van der Waals surface area contributed by atoms with Gasteiger partial charge in [-0.3, -0.25) is 19.3 Å². The zero-order valence-corrected chi connectivity index (χ0v) is 23.4. The number of amides is 3. The number of ether oxygens (including phenoxy) is 2. The molecule has 3 amide bonds. The standard InChI is InChI=1S/C33H32N2O7/c36-29-25-13-12-23-27-24-14-15-26(28(25)27)34(29)16-5-1-3-7-18-41-32(39)21-10-9-11-22(20-21)33(40)42-19-8-4-2-6-17-35(30(23)37)31(24)38/h9-15,20H,1-8,16-19H2. The fraction of sp³-hybridized carbons (Fsp3) is 0.364. The predicted molar refractivity (Wildman–Crippen MR) is 155 cm³/mol. The highest BCUT2D eigenvalue weighted by atomic mass is 16.5. The number of carbonyl (C=O) groups excluding carboxylic acids is 5. The molecule has 0 fully saturated rings. The van der Waals surface area contributed by atoms with Gasteiger partial charge < -0.3 is 14.4 Å². The quantitative estimate of drug-likeness (QED) is 0.259. The average Bonchev–Trinajstić information content (AvgIpc) is 3.28. The van der Waals surface area contributed by atoms with Crippen LogP contribution in [0.4, 0.5) is 5.69 Å². The van der Waals surface area contributed by atoms with Gasteiger partial charge in [-0.1, -0.05) is 18.9 Å². The Morgan fingerprint density at radius 1 is 0.500 bits per heavy atom. The van der Waals surface area contributed by atoms with Gasteiger partial charge in [0.15, 0.2) is 0 Å². The van der Waals surface area contributed by atoms with Gasteiger partial charge in [-0.2, -0.15) is 0 Å². The summed E-state index contributed by atoms with van der Waals surface area (Å²) in [4.78, 5) is 68.3. The number of benzene rings is 3. The first-order chi connectivity index (χ1) is 20.5. The van der Waals surface area contributed by atoms with Gasteiger partial charge >= 0.3 is 11.9 Å². The Morgan fingerprint density at radius 3 is 1.57 bits per heavy atom. The summed E-state index contributed by atoms with van der Waals surface area (Å²) in [7, 11) is 0. The number of nitrogens with zero attached hydrogens (tertiary/aromatic N) is 2. The highest BCUT2D eigenvalue weighted by Crippen LogP contribution is 2.43.